The number of rotatable bonds is 12. The lowest BCUT2D eigenvalue weighted by atomic mass is 9.81. The van der Waals surface area contributed by atoms with Crippen molar-refractivity contribution in [3.8, 4) is 22.5 Å². The van der Waals surface area contributed by atoms with Gasteiger partial charge < -0.3 is 21.7 Å². The molecule has 2 aliphatic rings. The molecule has 0 spiro atoms. The van der Waals surface area contributed by atoms with Gasteiger partial charge in [-0.25, -0.2) is 13.1 Å². The SMILES string of the molecule is Cc1cc(S(=O)(=O)N[C@@H]2CCNC2)ccc1-c1ccc(C[C@H](NC(=O)C2CCC(CN)CC2)C(=O)Nc2ccc(-c3nn[nH]n3)cc2)cc1.Cl. The van der Waals surface area contributed by atoms with Crippen LogP contribution in [0.3, 0.4) is 0 Å². The fourth-order valence-electron chi connectivity index (χ4n) is 6.60. The van der Waals surface area contributed by atoms with Crippen LogP contribution >= 0.6 is 12.4 Å². The first kappa shape index (κ1) is 37.1. The maximum atomic E-state index is 13.7. The van der Waals surface area contributed by atoms with Crippen LogP contribution in [0.1, 0.15) is 43.2 Å². The molecule has 0 unspecified atom stereocenters. The van der Waals surface area contributed by atoms with E-state index in [1.165, 1.54) is 0 Å². The Hall–Kier alpha value is -4.21. The van der Waals surface area contributed by atoms with E-state index in [4.69, 9.17) is 5.73 Å². The Bertz CT molecular complexity index is 1840. The Morgan fingerprint density at radius 1 is 0.960 bits per heavy atom. The molecule has 13 nitrogen and oxygen atoms in total. The van der Waals surface area contributed by atoms with Crippen LogP contribution in [0.25, 0.3) is 22.5 Å². The van der Waals surface area contributed by atoms with E-state index < -0.39 is 16.1 Å². The molecular weight excluding hydrogens is 678 g/mol. The van der Waals surface area contributed by atoms with Gasteiger partial charge in [-0.2, -0.15) is 5.21 Å². The molecule has 0 radical (unpaired) electrons. The number of nitrogens with two attached hydrogens (primary N) is 1. The standard InChI is InChI=1S/C35H43N9O4S.ClH/c1-22-18-30(49(47,48)42-29-16-17-37-21-29)14-15-31(22)25-6-2-23(3-7-25)19-32(39-34(45)27-8-4-24(20-36)5-9-27)35(46)38-28-12-10-26(11-13-28)33-40-43-44-41-33;/h2-3,6-7,10-15,18,24,27,29,32,37,42H,4-5,8-9,16-17,19-21,36H2,1H3,(H,38,46)(H,39,45)(H,40,41,43,44);1H/t24?,27?,29-,32+;/m1./s1. The van der Waals surface area contributed by atoms with Crippen LogP contribution in [-0.4, -0.2) is 72.6 Å². The van der Waals surface area contributed by atoms with Gasteiger partial charge in [-0.15, -0.1) is 22.6 Å². The first-order valence-electron chi connectivity index (χ1n) is 16.8. The lowest BCUT2D eigenvalue weighted by molar-refractivity contribution is -0.130. The number of nitrogens with one attached hydrogen (secondary N) is 5. The van der Waals surface area contributed by atoms with E-state index in [2.05, 4.69) is 41.3 Å². The number of nitrogens with zero attached hydrogens (tertiary/aromatic N) is 3. The lowest BCUT2D eigenvalue weighted by Crippen LogP contribution is -2.48. The average molecular weight is 722 g/mol. The monoisotopic (exact) mass is 721 g/mol. The molecule has 1 aliphatic carbocycles. The van der Waals surface area contributed by atoms with E-state index in [0.717, 1.165) is 66.5 Å². The van der Waals surface area contributed by atoms with Crippen molar-refractivity contribution in [2.45, 2.75) is 62.4 Å². The highest BCUT2D eigenvalue weighted by Gasteiger charge is 2.30. The smallest absolute Gasteiger partial charge is 0.247 e. The summed E-state index contributed by atoms with van der Waals surface area (Å²) in [5, 5.41) is 23.1. The summed E-state index contributed by atoms with van der Waals surface area (Å²) in [5.41, 5.74) is 10.7. The normalized spacial score (nSPS) is 19.7. The van der Waals surface area contributed by atoms with Crippen molar-refractivity contribution in [3.63, 3.8) is 0 Å². The third-order valence-corrected chi connectivity index (χ3v) is 11.1. The van der Waals surface area contributed by atoms with Crippen molar-refractivity contribution < 1.29 is 18.0 Å². The Balaban J connectivity index is 0.00000486. The molecule has 50 heavy (non-hydrogen) atoms. The molecule has 1 aromatic heterocycles. The largest absolute Gasteiger partial charge is 0.344 e. The number of halogens is 1. The summed E-state index contributed by atoms with van der Waals surface area (Å²) < 4.78 is 28.7. The minimum atomic E-state index is -3.63. The number of aryl methyl sites for hydroxylation is 1. The fourth-order valence-corrected chi connectivity index (χ4v) is 7.96. The zero-order chi connectivity index (χ0) is 34.4. The number of anilines is 1. The molecule has 1 saturated heterocycles. The number of sulfonamides is 1. The third-order valence-electron chi connectivity index (χ3n) is 9.53. The molecule has 2 amide bonds. The number of hydrogen-bond donors (Lipinski definition) is 6. The van der Waals surface area contributed by atoms with Gasteiger partial charge >= 0.3 is 0 Å². The van der Waals surface area contributed by atoms with Crippen molar-refractivity contribution in [2.75, 3.05) is 25.0 Å². The summed E-state index contributed by atoms with van der Waals surface area (Å²) in [6.45, 7) is 3.94. The maximum Gasteiger partial charge on any atom is 0.247 e. The fraction of sp³-hybridized carbons (Fsp3) is 0.400. The number of hydrogen-bond acceptors (Lipinski definition) is 9. The van der Waals surface area contributed by atoms with Crippen LogP contribution in [0.4, 0.5) is 5.69 Å². The van der Waals surface area contributed by atoms with Gasteiger partial charge in [0, 0.05) is 36.2 Å². The first-order valence-corrected chi connectivity index (χ1v) is 18.2. The highest BCUT2D eigenvalue weighted by atomic mass is 35.5. The second kappa shape index (κ2) is 16.7. The van der Waals surface area contributed by atoms with E-state index in [1.807, 2.05) is 37.3 Å². The number of H-pyrrole nitrogens is 1. The van der Waals surface area contributed by atoms with Gasteiger partial charge in [-0.3, -0.25) is 9.59 Å². The Morgan fingerprint density at radius 2 is 1.68 bits per heavy atom. The van der Waals surface area contributed by atoms with Crippen LogP contribution in [0.5, 0.6) is 0 Å². The molecule has 1 saturated carbocycles. The molecule has 2 atom stereocenters. The van der Waals surface area contributed by atoms with Crippen LogP contribution in [0.2, 0.25) is 0 Å². The van der Waals surface area contributed by atoms with E-state index in [0.29, 0.717) is 30.5 Å². The van der Waals surface area contributed by atoms with Crippen molar-refractivity contribution in [3.05, 3.63) is 77.9 Å². The number of tetrazole rings is 1. The minimum Gasteiger partial charge on any atom is -0.344 e. The predicted octanol–water partition coefficient (Wildman–Crippen LogP) is 3.34. The van der Waals surface area contributed by atoms with Gasteiger partial charge in [0.2, 0.25) is 27.7 Å². The van der Waals surface area contributed by atoms with Gasteiger partial charge in [0.1, 0.15) is 6.04 Å². The Morgan fingerprint density at radius 3 is 2.30 bits per heavy atom. The molecule has 1 aliphatic heterocycles. The number of aromatic amines is 1. The number of amides is 2. The van der Waals surface area contributed by atoms with Gasteiger partial charge in [-0.1, -0.05) is 30.3 Å². The summed E-state index contributed by atoms with van der Waals surface area (Å²) >= 11 is 0. The van der Waals surface area contributed by atoms with E-state index in [9.17, 15) is 18.0 Å². The minimum absolute atomic E-state index is 0. The Labute approximate surface area is 298 Å². The number of aromatic nitrogens is 4. The molecular formula is C35H44ClN9O4S. The molecule has 4 aromatic rings. The molecule has 2 heterocycles. The summed E-state index contributed by atoms with van der Waals surface area (Å²) in [7, 11) is -3.63. The summed E-state index contributed by atoms with van der Waals surface area (Å²) in [6.07, 6.45) is 4.36. The molecule has 15 heteroatoms. The van der Waals surface area contributed by atoms with Crippen molar-refractivity contribution >= 4 is 39.9 Å². The van der Waals surface area contributed by atoms with Gasteiger partial charge in [0.25, 0.3) is 0 Å². The highest BCUT2D eigenvalue weighted by Crippen LogP contribution is 2.29. The van der Waals surface area contributed by atoms with E-state index in [-0.39, 0.29) is 47.5 Å². The van der Waals surface area contributed by atoms with Crippen molar-refractivity contribution in [1.29, 1.82) is 0 Å². The highest BCUT2D eigenvalue weighted by molar-refractivity contribution is 7.89. The number of benzene rings is 3. The second-order valence-corrected chi connectivity index (χ2v) is 14.7. The lowest BCUT2D eigenvalue weighted by Gasteiger charge is -2.28. The maximum absolute atomic E-state index is 13.7. The molecule has 6 rings (SSSR count). The topological polar surface area (TPSA) is 197 Å². The van der Waals surface area contributed by atoms with E-state index in [1.54, 1.807) is 36.4 Å². The first-order chi connectivity index (χ1) is 23.7. The second-order valence-electron chi connectivity index (χ2n) is 13.0. The Kier molecular flexibility index (Phi) is 12.4. The summed E-state index contributed by atoms with van der Waals surface area (Å²) in [5.74, 6) is 0.280. The van der Waals surface area contributed by atoms with Crippen molar-refractivity contribution in [1.82, 2.24) is 36.0 Å². The zero-order valence-electron chi connectivity index (χ0n) is 27.9. The van der Waals surface area contributed by atoms with Crippen LogP contribution in [0, 0.1) is 18.8 Å². The van der Waals surface area contributed by atoms with Crippen LogP contribution < -0.4 is 26.4 Å². The number of carbonyl (C=O) groups is 2. The van der Waals surface area contributed by atoms with E-state index >= 15 is 0 Å². The van der Waals surface area contributed by atoms with Gasteiger partial charge in [-0.05, 0) is 122 Å². The number of carbonyl (C=O) groups excluding carboxylic acids is 2. The van der Waals surface area contributed by atoms with Gasteiger partial charge in [0.05, 0.1) is 4.90 Å². The molecule has 2 fully saturated rings. The molecule has 7 N–H and O–H groups in total. The molecule has 3 aromatic carbocycles. The molecule has 0 bridgehead atoms. The summed E-state index contributed by atoms with van der Waals surface area (Å²) in [6, 6.07) is 19.1. The van der Waals surface area contributed by atoms with Crippen molar-refractivity contribution in [2.24, 2.45) is 17.6 Å². The zero-order valence-corrected chi connectivity index (χ0v) is 29.5. The quantitative estimate of drug-likeness (QED) is 0.127. The summed E-state index contributed by atoms with van der Waals surface area (Å²) in [4.78, 5) is 27.3. The van der Waals surface area contributed by atoms with Crippen LogP contribution in [-0.2, 0) is 26.0 Å². The molecule has 266 valence electrons. The van der Waals surface area contributed by atoms with Crippen LogP contribution in [0.15, 0.2) is 71.6 Å². The van der Waals surface area contributed by atoms with Gasteiger partial charge in [0.15, 0.2) is 0 Å². The third kappa shape index (κ3) is 9.11. The average Bonchev–Trinajstić information content (AvgIpc) is 3.84. The predicted molar refractivity (Wildman–Crippen MR) is 194 cm³/mol.